The van der Waals surface area contributed by atoms with Crippen molar-refractivity contribution in [2.75, 3.05) is 39.3 Å². The van der Waals surface area contributed by atoms with Gasteiger partial charge in [-0.2, -0.15) is 0 Å². The average molecular weight is 281 g/mol. The second kappa shape index (κ2) is 9.01. The highest BCUT2D eigenvalue weighted by Crippen LogP contribution is 2.17. The SMILES string of the molecule is CCN(CC)C1CCN(CCNC2CCCCCC2)C1. The van der Waals surface area contributed by atoms with Gasteiger partial charge in [0, 0.05) is 31.7 Å². The molecule has 0 aromatic rings. The van der Waals surface area contributed by atoms with E-state index in [9.17, 15) is 0 Å². The van der Waals surface area contributed by atoms with Crippen molar-refractivity contribution in [2.45, 2.75) is 70.9 Å². The first kappa shape index (κ1) is 16.3. The van der Waals surface area contributed by atoms with Crippen LogP contribution in [0, 0.1) is 0 Å². The number of likely N-dealkylation sites (tertiary alicyclic amines) is 1. The predicted octanol–water partition coefficient (Wildman–Crippen LogP) is 2.71. The van der Waals surface area contributed by atoms with Crippen molar-refractivity contribution in [2.24, 2.45) is 0 Å². The first-order chi connectivity index (χ1) is 9.83. The Kier molecular flexibility index (Phi) is 7.32. The Hall–Kier alpha value is -0.120. The number of nitrogens with one attached hydrogen (secondary N) is 1. The predicted molar refractivity (Wildman–Crippen MR) is 87.3 cm³/mol. The molecule has 1 heterocycles. The number of likely N-dealkylation sites (N-methyl/N-ethyl adjacent to an activating group) is 1. The standard InChI is InChI=1S/C17H35N3/c1-3-20(4-2)17-11-13-19(15-17)14-12-18-16-9-7-5-6-8-10-16/h16-18H,3-15H2,1-2H3. The van der Waals surface area contributed by atoms with Gasteiger partial charge in [-0.05, 0) is 38.9 Å². The molecule has 20 heavy (non-hydrogen) atoms. The van der Waals surface area contributed by atoms with Crippen molar-refractivity contribution in [1.29, 1.82) is 0 Å². The number of nitrogens with zero attached hydrogens (tertiary/aromatic N) is 2. The summed E-state index contributed by atoms with van der Waals surface area (Å²) < 4.78 is 0. The van der Waals surface area contributed by atoms with Gasteiger partial charge in [0.1, 0.15) is 0 Å². The molecule has 1 atom stereocenters. The maximum Gasteiger partial charge on any atom is 0.0235 e. The molecule has 1 aliphatic heterocycles. The molecule has 0 radical (unpaired) electrons. The van der Waals surface area contributed by atoms with Gasteiger partial charge >= 0.3 is 0 Å². The quantitative estimate of drug-likeness (QED) is 0.724. The molecular formula is C17H35N3. The van der Waals surface area contributed by atoms with E-state index < -0.39 is 0 Å². The van der Waals surface area contributed by atoms with E-state index in [1.54, 1.807) is 0 Å². The lowest BCUT2D eigenvalue weighted by Gasteiger charge is -2.26. The van der Waals surface area contributed by atoms with Crippen LogP contribution in [0.2, 0.25) is 0 Å². The van der Waals surface area contributed by atoms with Crippen LogP contribution in [-0.4, -0.2) is 61.2 Å². The summed E-state index contributed by atoms with van der Waals surface area (Å²) in [6.07, 6.45) is 9.96. The summed E-state index contributed by atoms with van der Waals surface area (Å²) in [7, 11) is 0. The lowest BCUT2D eigenvalue weighted by Crippen LogP contribution is -2.39. The molecule has 0 aromatic carbocycles. The summed E-state index contributed by atoms with van der Waals surface area (Å²) in [5.74, 6) is 0. The van der Waals surface area contributed by atoms with E-state index in [0.717, 1.165) is 12.1 Å². The first-order valence-corrected chi connectivity index (χ1v) is 9.03. The van der Waals surface area contributed by atoms with Gasteiger partial charge < -0.3 is 10.2 Å². The Morgan fingerprint density at radius 3 is 2.35 bits per heavy atom. The van der Waals surface area contributed by atoms with Crippen LogP contribution in [-0.2, 0) is 0 Å². The molecule has 1 saturated carbocycles. The number of hydrogen-bond donors (Lipinski definition) is 1. The third kappa shape index (κ3) is 5.01. The van der Waals surface area contributed by atoms with E-state index in [1.807, 2.05) is 0 Å². The molecule has 2 rings (SSSR count). The first-order valence-electron chi connectivity index (χ1n) is 9.03. The highest BCUT2D eigenvalue weighted by molar-refractivity contribution is 4.83. The fourth-order valence-electron chi connectivity index (χ4n) is 3.96. The smallest absolute Gasteiger partial charge is 0.0235 e. The van der Waals surface area contributed by atoms with Gasteiger partial charge in [-0.3, -0.25) is 4.90 Å². The maximum atomic E-state index is 3.81. The van der Waals surface area contributed by atoms with E-state index in [-0.39, 0.29) is 0 Å². The Bertz CT molecular complexity index is 245. The summed E-state index contributed by atoms with van der Waals surface area (Å²) in [5.41, 5.74) is 0. The van der Waals surface area contributed by atoms with E-state index in [1.165, 1.54) is 84.2 Å². The Balaban J connectivity index is 1.60. The topological polar surface area (TPSA) is 18.5 Å². The molecule has 1 unspecified atom stereocenters. The summed E-state index contributed by atoms with van der Waals surface area (Å²) in [6.45, 7) is 12.0. The zero-order valence-corrected chi connectivity index (χ0v) is 13.7. The summed E-state index contributed by atoms with van der Waals surface area (Å²) in [4.78, 5) is 5.28. The molecule has 1 aliphatic carbocycles. The molecule has 0 amide bonds. The summed E-state index contributed by atoms with van der Waals surface area (Å²) in [6, 6.07) is 1.61. The van der Waals surface area contributed by atoms with Gasteiger partial charge in [0.25, 0.3) is 0 Å². The van der Waals surface area contributed by atoms with E-state index >= 15 is 0 Å². The van der Waals surface area contributed by atoms with Crippen molar-refractivity contribution in [3.05, 3.63) is 0 Å². The lowest BCUT2D eigenvalue weighted by molar-refractivity contribution is 0.210. The molecule has 1 saturated heterocycles. The lowest BCUT2D eigenvalue weighted by atomic mass is 10.1. The monoisotopic (exact) mass is 281 g/mol. The zero-order chi connectivity index (χ0) is 14.2. The highest BCUT2D eigenvalue weighted by Gasteiger charge is 2.25. The van der Waals surface area contributed by atoms with Crippen LogP contribution in [0.4, 0.5) is 0 Å². The minimum atomic E-state index is 0.804. The van der Waals surface area contributed by atoms with Gasteiger partial charge in [-0.25, -0.2) is 0 Å². The third-order valence-electron chi connectivity index (χ3n) is 5.29. The van der Waals surface area contributed by atoms with Gasteiger partial charge in [0.2, 0.25) is 0 Å². The minimum absolute atomic E-state index is 0.804. The van der Waals surface area contributed by atoms with E-state index in [4.69, 9.17) is 0 Å². The Morgan fingerprint density at radius 1 is 1.00 bits per heavy atom. The van der Waals surface area contributed by atoms with Gasteiger partial charge in [-0.15, -0.1) is 0 Å². The van der Waals surface area contributed by atoms with Crippen molar-refractivity contribution < 1.29 is 0 Å². The molecule has 0 spiro atoms. The van der Waals surface area contributed by atoms with Crippen molar-refractivity contribution in [1.82, 2.24) is 15.1 Å². The Morgan fingerprint density at radius 2 is 1.70 bits per heavy atom. The molecule has 2 fully saturated rings. The molecular weight excluding hydrogens is 246 g/mol. The van der Waals surface area contributed by atoms with Gasteiger partial charge in [0.15, 0.2) is 0 Å². The molecule has 0 aromatic heterocycles. The normalized spacial score (nSPS) is 26.2. The van der Waals surface area contributed by atoms with Crippen LogP contribution in [0.15, 0.2) is 0 Å². The molecule has 3 nitrogen and oxygen atoms in total. The molecule has 1 N–H and O–H groups in total. The zero-order valence-electron chi connectivity index (χ0n) is 13.7. The van der Waals surface area contributed by atoms with Crippen molar-refractivity contribution in [3.8, 4) is 0 Å². The van der Waals surface area contributed by atoms with Crippen LogP contribution in [0.1, 0.15) is 58.8 Å². The maximum absolute atomic E-state index is 3.81. The molecule has 0 bridgehead atoms. The summed E-state index contributed by atoms with van der Waals surface area (Å²) in [5, 5.41) is 3.81. The number of hydrogen-bond acceptors (Lipinski definition) is 3. The molecule has 3 heteroatoms. The van der Waals surface area contributed by atoms with Crippen LogP contribution in [0.25, 0.3) is 0 Å². The summed E-state index contributed by atoms with van der Waals surface area (Å²) >= 11 is 0. The molecule has 118 valence electrons. The Labute approximate surface area is 126 Å². The van der Waals surface area contributed by atoms with E-state index in [2.05, 4.69) is 29.0 Å². The molecule has 2 aliphatic rings. The fraction of sp³-hybridized carbons (Fsp3) is 1.00. The van der Waals surface area contributed by atoms with Crippen LogP contribution in [0.5, 0.6) is 0 Å². The van der Waals surface area contributed by atoms with Crippen LogP contribution in [0.3, 0.4) is 0 Å². The van der Waals surface area contributed by atoms with Crippen molar-refractivity contribution in [3.63, 3.8) is 0 Å². The number of rotatable bonds is 7. The highest BCUT2D eigenvalue weighted by atomic mass is 15.3. The van der Waals surface area contributed by atoms with Crippen LogP contribution >= 0.6 is 0 Å². The average Bonchev–Trinajstić information content (AvgIpc) is 2.76. The fourth-order valence-corrected chi connectivity index (χ4v) is 3.96. The van der Waals surface area contributed by atoms with Gasteiger partial charge in [0.05, 0.1) is 0 Å². The largest absolute Gasteiger partial charge is 0.313 e. The van der Waals surface area contributed by atoms with Crippen molar-refractivity contribution >= 4 is 0 Å². The second-order valence-electron chi connectivity index (χ2n) is 6.61. The van der Waals surface area contributed by atoms with Gasteiger partial charge in [-0.1, -0.05) is 39.5 Å². The minimum Gasteiger partial charge on any atom is -0.313 e. The second-order valence-corrected chi connectivity index (χ2v) is 6.61. The third-order valence-corrected chi connectivity index (χ3v) is 5.29. The van der Waals surface area contributed by atoms with Crippen LogP contribution < -0.4 is 5.32 Å². The van der Waals surface area contributed by atoms with E-state index in [0.29, 0.717) is 0 Å².